The molecule has 0 spiro atoms. The highest BCUT2D eigenvalue weighted by Gasteiger charge is 2.16. The number of benzene rings is 2. The van der Waals surface area contributed by atoms with Crippen molar-refractivity contribution in [2.45, 2.75) is 26.3 Å². The zero-order valence-corrected chi connectivity index (χ0v) is 15.5. The normalized spacial score (nSPS) is 13.3. The molecular weight excluding hydrogens is 342 g/mol. The number of aryl methyl sites for hydroxylation is 1. The fourth-order valence-corrected chi connectivity index (χ4v) is 4.17. The van der Waals surface area contributed by atoms with Gasteiger partial charge in [0.2, 0.25) is 0 Å². The molecule has 2 heterocycles. The molecule has 26 heavy (non-hydrogen) atoms. The van der Waals surface area contributed by atoms with Crippen molar-refractivity contribution in [2.75, 3.05) is 11.9 Å². The predicted molar refractivity (Wildman–Crippen MR) is 107 cm³/mol. The van der Waals surface area contributed by atoms with Crippen molar-refractivity contribution < 1.29 is 4.79 Å². The number of amides is 1. The quantitative estimate of drug-likeness (QED) is 0.728. The molecule has 1 amide bonds. The Hall–Kier alpha value is -2.50. The molecule has 3 aromatic rings. The number of carbonyl (C=O) groups excluding carboxylic acids is 1. The zero-order chi connectivity index (χ0) is 17.9. The molecule has 0 atom stereocenters. The largest absolute Gasteiger partial charge is 0.312 e. The molecule has 0 saturated carbocycles. The Balaban J connectivity index is 1.57. The Morgan fingerprint density at radius 3 is 2.85 bits per heavy atom. The predicted octanol–water partition coefficient (Wildman–Crippen LogP) is 4.27. The minimum Gasteiger partial charge on any atom is -0.312 e. The van der Waals surface area contributed by atoms with Crippen LogP contribution < -0.4 is 10.6 Å². The fourth-order valence-electron chi connectivity index (χ4n) is 3.25. The zero-order valence-electron chi connectivity index (χ0n) is 14.7. The molecule has 0 unspecified atom stereocenters. The van der Waals surface area contributed by atoms with Gasteiger partial charge >= 0.3 is 0 Å². The number of hydrogen-bond donors (Lipinski definition) is 2. The van der Waals surface area contributed by atoms with Gasteiger partial charge in [-0.15, -0.1) is 11.3 Å². The smallest absolute Gasteiger partial charge is 0.257 e. The molecule has 0 saturated heterocycles. The van der Waals surface area contributed by atoms with E-state index in [1.54, 1.807) is 11.3 Å². The molecule has 4 nitrogen and oxygen atoms in total. The number of aromatic nitrogens is 1. The van der Waals surface area contributed by atoms with E-state index in [1.165, 1.54) is 16.0 Å². The average Bonchev–Trinajstić information content (AvgIpc) is 3.11. The number of rotatable bonds is 4. The van der Waals surface area contributed by atoms with Crippen molar-refractivity contribution in [3.05, 3.63) is 70.1 Å². The highest BCUT2D eigenvalue weighted by molar-refractivity contribution is 7.16. The number of anilines is 1. The second-order valence-electron chi connectivity index (χ2n) is 6.37. The van der Waals surface area contributed by atoms with Crippen LogP contribution in [0.1, 0.15) is 33.3 Å². The van der Waals surface area contributed by atoms with Crippen LogP contribution in [-0.4, -0.2) is 17.4 Å². The summed E-state index contributed by atoms with van der Waals surface area (Å²) in [4.78, 5) is 18.5. The van der Waals surface area contributed by atoms with Crippen LogP contribution in [0, 0.1) is 0 Å². The molecule has 0 bridgehead atoms. The van der Waals surface area contributed by atoms with Gasteiger partial charge in [-0.1, -0.05) is 43.3 Å². The van der Waals surface area contributed by atoms with E-state index in [9.17, 15) is 4.79 Å². The third kappa shape index (κ3) is 3.41. The average molecular weight is 363 g/mol. The second kappa shape index (κ2) is 7.40. The third-order valence-corrected chi connectivity index (χ3v) is 5.76. The Morgan fingerprint density at radius 2 is 2.04 bits per heavy atom. The van der Waals surface area contributed by atoms with E-state index < -0.39 is 0 Å². The molecule has 0 radical (unpaired) electrons. The molecule has 1 aliphatic heterocycles. The molecule has 0 aliphatic carbocycles. The Labute approximate surface area is 157 Å². The van der Waals surface area contributed by atoms with Crippen molar-refractivity contribution in [1.29, 1.82) is 0 Å². The van der Waals surface area contributed by atoms with Crippen LogP contribution >= 0.6 is 11.3 Å². The molecule has 2 N–H and O–H groups in total. The lowest BCUT2D eigenvalue weighted by molar-refractivity contribution is 0.102. The first-order chi connectivity index (χ1) is 12.7. The molecule has 5 heteroatoms. The van der Waals surface area contributed by atoms with Gasteiger partial charge in [-0.3, -0.25) is 10.1 Å². The molecule has 0 fully saturated rings. The van der Waals surface area contributed by atoms with Gasteiger partial charge in [0.1, 0.15) is 0 Å². The first-order valence-corrected chi connectivity index (χ1v) is 9.75. The lowest BCUT2D eigenvalue weighted by Gasteiger charge is -2.17. The van der Waals surface area contributed by atoms with Gasteiger partial charge in [0.15, 0.2) is 5.13 Å². The number of fused-ring (bicyclic) bond motifs is 1. The minimum atomic E-state index is -0.0950. The van der Waals surface area contributed by atoms with E-state index >= 15 is 0 Å². The van der Waals surface area contributed by atoms with Crippen LogP contribution in [0.4, 0.5) is 5.13 Å². The molecule has 4 rings (SSSR count). The van der Waals surface area contributed by atoms with Gasteiger partial charge in [-0.25, -0.2) is 4.98 Å². The van der Waals surface area contributed by atoms with Crippen LogP contribution in [-0.2, 0) is 19.4 Å². The van der Waals surface area contributed by atoms with E-state index in [2.05, 4.69) is 34.7 Å². The van der Waals surface area contributed by atoms with Crippen molar-refractivity contribution in [2.24, 2.45) is 0 Å². The monoisotopic (exact) mass is 363 g/mol. The number of nitrogens with one attached hydrogen (secondary N) is 2. The van der Waals surface area contributed by atoms with E-state index in [-0.39, 0.29) is 5.91 Å². The molecule has 1 aliphatic rings. The summed E-state index contributed by atoms with van der Waals surface area (Å²) in [5.74, 6) is -0.0950. The summed E-state index contributed by atoms with van der Waals surface area (Å²) < 4.78 is 0. The Bertz CT molecular complexity index is 934. The number of nitrogens with zero attached hydrogens (tertiary/aromatic N) is 1. The van der Waals surface area contributed by atoms with Crippen molar-refractivity contribution in [3.8, 4) is 11.3 Å². The van der Waals surface area contributed by atoms with Crippen LogP contribution in [0.5, 0.6) is 0 Å². The van der Waals surface area contributed by atoms with Gasteiger partial charge in [-0.2, -0.15) is 0 Å². The van der Waals surface area contributed by atoms with Crippen molar-refractivity contribution in [1.82, 2.24) is 10.3 Å². The highest BCUT2D eigenvalue weighted by Crippen LogP contribution is 2.31. The maximum absolute atomic E-state index is 12.7. The van der Waals surface area contributed by atoms with Gasteiger partial charge in [0, 0.05) is 22.5 Å². The van der Waals surface area contributed by atoms with Crippen LogP contribution in [0.25, 0.3) is 11.3 Å². The number of carbonyl (C=O) groups is 1. The first-order valence-electron chi connectivity index (χ1n) is 8.93. The van der Waals surface area contributed by atoms with E-state index in [1.807, 2.05) is 36.4 Å². The number of hydrogen-bond acceptors (Lipinski definition) is 4. The maximum atomic E-state index is 12.7. The van der Waals surface area contributed by atoms with Crippen molar-refractivity contribution >= 4 is 22.4 Å². The second-order valence-corrected chi connectivity index (χ2v) is 7.46. The van der Waals surface area contributed by atoms with Crippen LogP contribution in [0.3, 0.4) is 0 Å². The number of thiazole rings is 1. The summed E-state index contributed by atoms with van der Waals surface area (Å²) in [5.41, 5.74) is 5.28. The van der Waals surface area contributed by atoms with Gasteiger partial charge < -0.3 is 5.32 Å². The van der Waals surface area contributed by atoms with Crippen molar-refractivity contribution in [3.63, 3.8) is 0 Å². The van der Waals surface area contributed by atoms with E-state index in [0.717, 1.165) is 37.2 Å². The molecule has 1 aromatic heterocycles. The molecule has 132 valence electrons. The van der Waals surface area contributed by atoms with E-state index in [4.69, 9.17) is 0 Å². The summed E-state index contributed by atoms with van der Waals surface area (Å²) in [6.45, 7) is 3.96. The summed E-state index contributed by atoms with van der Waals surface area (Å²) in [5, 5.41) is 6.99. The summed E-state index contributed by atoms with van der Waals surface area (Å²) in [6, 6.07) is 16.1. The highest BCUT2D eigenvalue weighted by atomic mass is 32.1. The topological polar surface area (TPSA) is 54.0 Å². The van der Waals surface area contributed by atoms with Crippen LogP contribution in [0.15, 0.2) is 48.5 Å². The summed E-state index contributed by atoms with van der Waals surface area (Å²) in [7, 11) is 0. The molecular formula is C21H21N3OS. The van der Waals surface area contributed by atoms with Gasteiger partial charge in [0.05, 0.1) is 5.69 Å². The van der Waals surface area contributed by atoms with Gasteiger partial charge in [-0.05, 0) is 42.6 Å². The summed E-state index contributed by atoms with van der Waals surface area (Å²) in [6.07, 6.45) is 1.86. The Morgan fingerprint density at radius 1 is 1.19 bits per heavy atom. The molecule has 2 aromatic carbocycles. The fraction of sp³-hybridized carbons (Fsp3) is 0.238. The first kappa shape index (κ1) is 16.9. The van der Waals surface area contributed by atoms with E-state index in [0.29, 0.717) is 10.7 Å². The Kier molecular flexibility index (Phi) is 4.82. The summed E-state index contributed by atoms with van der Waals surface area (Å²) >= 11 is 1.55. The van der Waals surface area contributed by atoms with Gasteiger partial charge in [0.25, 0.3) is 5.91 Å². The minimum absolute atomic E-state index is 0.0950. The lowest BCUT2D eigenvalue weighted by atomic mass is 9.98. The van der Waals surface area contributed by atoms with Crippen LogP contribution in [0.2, 0.25) is 0 Å². The maximum Gasteiger partial charge on any atom is 0.257 e. The SMILES string of the molecule is CCc1sc(NC(=O)c2ccc3c(c2)CCNC3)nc1-c1ccccc1. The standard InChI is InChI=1S/C21H21N3OS/c1-2-18-19(14-6-4-3-5-7-14)23-21(26-18)24-20(25)16-8-9-17-13-22-11-10-15(17)12-16/h3-9,12,22H,2,10-11,13H2,1H3,(H,23,24,25). The third-order valence-electron chi connectivity index (χ3n) is 4.64. The lowest BCUT2D eigenvalue weighted by Crippen LogP contribution is -2.24.